The lowest BCUT2D eigenvalue weighted by Gasteiger charge is -2.34. The van der Waals surface area contributed by atoms with Gasteiger partial charge in [0.25, 0.3) is 0 Å². The summed E-state index contributed by atoms with van der Waals surface area (Å²) in [6.45, 7) is 6.28. The van der Waals surface area contributed by atoms with Gasteiger partial charge in [0.05, 0.1) is 6.61 Å². The van der Waals surface area contributed by atoms with E-state index in [1.54, 1.807) is 13.4 Å². The summed E-state index contributed by atoms with van der Waals surface area (Å²) in [5.41, 5.74) is 0. The third-order valence-corrected chi connectivity index (χ3v) is 5.36. The van der Waals surface area contributed by atoms with Crippen molar-refractivity contribution >= 4 is 6.03 Å². The molecule has 1 aromatic rings. The molecular formula is C17H30N6O2. The van der Waals surface area contributed by atoms with Gasteiger partial charge >= 0.3 is 6.03 Å². The Balaban J connectivity index is 1.37. The maximum Gasteiger partial charge on any atom is 0.317 e. The Hall–Kier alpha value is -1.67. The lowest BCUT2D eigenvalue weighted by molar-refractivity contribution is 0.113. The van der Waals surface area contributed by atoms with Crippen molar-refractivity contribution in [2.75, 3.05) is 53.0 Å². The van der Waals surface area contributed by atoms with E-state index < -0.39 is 0 Å². The van der Waals surface area contributed by atoms with Crippen LogP contribution >= 0.6 is 0 Å². The monoisotopic (exact) mass is 350 g/mol. The molecule has 0 spiro atoms. The molecule has 1 aromatic heterocycles. The highest BCUT2D eigenvalue weighted by atomic mass is 16.5. The van der Waals surface area contributed by atoms with E-state index in [0.29, 0.717) is 11.8 Å². The van der Waals surface area contributed by atoms with Crippen molar-refractivity contribution in [2.24, 2.45) is 5.92 Å². The maximum atomic E-state index is 12.4. The van der Waals surface area contributed by atoms with E-state index in [0.717, 1.165) is 64.5 Å². The average molecular weight is 350 g/mol. The van der Waals surface area contributed by atoms with Gasteiger partial charge in [-0.1, -0.05) is 0 Å². The lowest BCUT2D eigenvalue weighted by Crippen LogP contribution is -2.47. The van der Waals surface area contributed by atoms with Gasteiger partial charge in [0.1, 0.15) is 12.2 Å². The van der Waals surface area contributed by atoms with Gasteiger partial charge in [0.15, 0.2) is 0 Å². The highest BCUT2D eigenvalue weighted by molar-refractivity contribution is 5.74. The fraction of sp³-hybridized carbons (Fsp3) is 0.824. The number of nitrogens with one attached hydrogen (secondary N) is 2. The summed E-state index contributed by atoms with van der Waals surface area (Å²) in [6, 6.07) is 0.0741. The first-order chi connectivity index (χ1) is 12.3. The number of amides is 2. The summed E-state index contributed by atoms with van der Waals surface area (Å²) < 4.78 is 5.16. The van der Waals surface area contributed by atoms with Crippen LogP contribution < -0.4 is 5.32 Å². The predicted octanol–water partition coefficient (Wildman–Crippen LogP) is 1.05. The van der Waals surface area contributed by atoms with Gasteiger partial charge in [0.2, 0.25) is 0 Å². The number of likely N-dealkylation sites (tertiary alicyclic amines) is 2. The fourth-order valence-electron chi connectivity index (χ4n) is 3.85. The van der Waals surface area contributed by atoms with Crippen LogP contribution in [-0.2, 0) is 4.74 Å². The Bertz CT molecular complexity index is 515. The molecule has 2 saturated heterocycles. The quantitative estimate of drug-likeness (QED) is 0.801. The Morgan fingerprint density at radius 2 is 2.20 bits per heavy atom. The zero-order valence-corrected chi connectivity index (χ0v) is 15.1. The molecule has 8 heteroatoms. The van der Waals surface area contributed by atoms with Gasteiger partial charge in [-0.3, -0.25) is 5.10 Å². The summed E-state index contributed by atoms with van der Waals surface area (Å²) in [6.07, 6.45) is 5.83. The lowest BCUT2D eigenvalue weighted by atomic mass is 9.96. The Labute approximate surface area is 149 Å². The molecule has 2 fully saturated rings. The molecule has 0 aliphatic carbocycles. The summed E-state index contributed by atoms with van der Waals surface area (Å²) in [4.78, 5) is 21.0. The van der Waals surface area contributed by atoms with Crippen LogP contribution in [-0.4, -0.2) is 84.0 Å². The molecule has 8 nitrogen and oxygen atoms in total. The van der Waals surface area contributed by atoms with Crippen molar-refractivity contribution in [3.63, 3.8) is 0 Å². The zero-order valence-electron chi connectivity index (χ0n) is 15.1. The molecule has 2 aliphatic heterocycles. The Kier molecular flexibility index (Phi) is 6.63. The zero-order chi connectivity index (χ0) is 17.5. The van der Waals surface area contributed by atoms with Gasteiger partial charge in [-0.05, 0) is 38.1 Å². The minimum absolute atomic E-state index is 0.0741. The van der Waals surface area contributed by atoms with Crippen LogP contribution in [0.5, 0.6) is 0 Å². The third-order valence-electron chi connectivity index (χ3n) is 5.36. The highest BCUT2D eigenvalue weighted by Gasteiger charge is 2.26. The second-order valence-corrected chi connectivity index (χ2v) is 7.12. The number of ether oxygens (including phenoxy) is 1. The molecule has 0 aromatic carbocycles. The van der Waals surface area contributed by atoms with E-state index in [1.165, 1.54) is 12.8 Å². The Morgan fingerprint density at radius 3 is 2.92 bits per heavy atom. The molecule has 2 N–H and O–H groups in total. The van der Waals surface area contributed by atoms with E-state index in [1.807, 2.05) is 4.90 Å². The molecular weight excluding hydrogens is 320 g/mol. The van der Waals surface area contributed by atoms with Crippen molar-refractivity contribution in [2.45, 2.75) is 31.6 Å². The normalized spacial score (nSPS) is 22.9. The molecule has 0 radical (unpaired) electrons. The number of hydrogen-bond donors (Lipinski definition) is 2. The second kappa shape index (κ2) is 9.15. The van der Waals surface area contributed by atoms with Crippen LogP contribution in [0.25, 0.3) is 0 Å². The molecule has 3 rings (SSSR count). The second-order valence-electron chi connectivity index (χ2n) is 7.12. The summed E-state index contributed by atoms with van der Waals surface area (Å²) in [5.74, 6) is 1.87. The molecule has 0 saturated carbocycles. The molecule has 3 heterocycles. The van der Waals surface area contributed by atoms with E-state index in [9.17, 15) is 4.79 Å². The number of urea groups is 1. The van der Waals surface area contributed by atoms with Gasteiger partial charge < -0.3 is 19.9 Å². The number of piperidine rings is 2. The van der Waals surface area contributed by atoms with Crippen molar-refractivity contribution < 1.29 is 9.53 Å². The summed E-state index contributed by atoms with van der Waals surface area (Å²) >= 11 is 0. The van der Waals surface area contributed by atoms with Crippen molar-refractivity contribution in [1.29, 1.82) is 0 Å². The molecule has 0 unspecified atom stereocenters. The summed E-state index contributed by atoms with van der Waals surface area (Å²) in [7, 11) is 1.74. The number of methoxy groups -OCH3 is 1. The highest BCUT2D eigenvalue weighted by Crippen LogP contribution is 2.25. The standard InChI is InChI=1S/C17H30N6O2/c1-25-10-9-22-6-2-3-14(12-22)11-18-17(24)23-7-4-15(5-8-23)16-19-13-20-21-16/h13-15H,2-12H2,1H3,(H,18,24)(H,19,20,21)/t14-/m0/s1. The fourth-order valence-corrected chi connectivity index (χ4v) is 3.85. The number of carbonyl (C=O) groups excluding carboxylic acids is 1. The van der Waals surface area contributed by atoms with E-state index in [2.05, 4.69) is 25.4 Å². The van der Waals surface area contributed by atoms with Crippen LogP contribution in [0.3, 0.4) is 0 Å². The number of H-pyrrole nitrogens is 1. The van der Waals surface area contributed by atoms with E-state index in [4.69, 9.17) is 4.74 Å². The van der Waals surface area contributed by atoms with Gasteiger partial charge in [-0.25, -0.2) is 9.78 Å². The van der Waals surface area contributed by atoms with Crippen molar-refractivity contribution in [1.82, 2.24) is 30.3 Å². The first-order valence-corrected chi connectivity index (χ1v) is 9.35. The SMILES string of the molecule is COCCN1CCC[C@@H](CNC(=O)N2CCC(c3ncn[nH]3)CC2)C1. The maximum absolute atomic E-state index is 12.4. The number of rotatable bonds is 6. The number of aromatic nitrogens is 3. The van der Waals surface area contributed by atoms with Crippen molar-refractivity contribution in [3.8, 4) is 0 Å². The first-order valence-electron chi connectivity index (χ1n) is 9.35. The Morgan fingerprint density at radius 1 is 1.36 bits per heavy atom. The number of nitrogens with zero attached hydrogens (tertiary/aromatic N) is 4. The molecule has 2 aliphatic rings. The first kappa shape index (κ1) is 18.1. The van der Waals surface area contributed by atoms with Crippen LogP contribution in [0.15, 0.2) is 6.33 Å². The van der Waals surface area contributed by atoms with Gasteiger partial charge in [-0.2, -0.15) is 5.10 Å². The predicted molar refractivity (Wildman–Crippen MR) is 94.4 cm³/mol. The largest absolute Gasteiger partial charge is 0.383 e. The summed E-state index contributed by atoms with van der Waals surface area (Å²) in [5, 5.41) is 10.0. The minimum atomic E-state index is 0.0741. The average Bonchev–Trinajstić information content (AvgIpc) is 3.20. The van der Waals surface area contributed by atoms with Crippen LogP contribution in [0.4, 0.5) is 4.79 Å². The number of aromatic amines is 1. The van der Waals surface area contributed by atoms with Crippen molar-refractivity contribution in [3.05, 3.63) is 12.2 Å². The minimum Gasteiger partial charge on any atom is -0.383 e. The van der Waals surface area contributed by atoms with E-state index in [-0.39, 0.29) is 6.03 Å². The topological polar surface area (TPSA) is 86.4 Å². The molecule has 140 valence electrons. The van der Waals surface area contributed by atoms with Crippen LogP contribution in [0.1, 0.15) is 37.4 Å². The van der Waals surface area contributed by atoms with Crippen LogP contribution in [0.2, 0.25) is 0 Å². The van der Waals surface area contributed by atoms with Gasteiger partial charge in [-0.15, -0.1) is 0 Å². The molecule has 0 bridgehead atoms. The smallest absolute Gasteiger partial charge is 0.317 e. The van der Waals surface area contributed by atoms with Gasteiger partial charge in [0, 0.05) is 45.8 Å². The third kappa shape index (κ3) is 5.15. The molecule has 2 amide bonds. The number of carbonyl (C=O) groups is 1. The molecule has 1 atom stereocenters. The molecule has 25 heavy (non-hydrogen) atoms. The number of hydrogen-bond acceptors (Lipinski definition) is 5. The van der Waals surface area contributed by atoms with Crippen LogP contribution in [0, 0.1) is 5.92 Å². The van der Waals surface area contributed by atoms with E-state index >= 15 is 0 Å².